The first-order chi connectivity index (χ1) is 14.5. The molecule has 0 bridgehead atoms. The Morgan fingerprint density at radius 3 is 2.10 bits per heavy atom. The number of amides is 3. The molecule has 12 heteroatoms. The maximum absolute atomic E-state index is 12.5. The third kappa shape index (κ3) is 11.9. The van der Waals surface area contributed by atoms with Crippen molar-refractivity contribution in [2.45, 2.75) is 70.5 Å². The maximum atomic E-state index is 12.5. The molecule has 9 N–H and O–H groups in total. The molecule has 178 valence electrons. The first kappa shape index (κ1) is 28.3. The zero-order valence-electron chi connectivity index (χ0n) is 18.1. The average Bonchev–Trinajstić information content (AvgIpc) is 2.72. The van der Waals surface area contributed by atoms with E-state index in [0.717, 1.165) is 0 Å². The summed E-state index contributed by atoms with van der Waals surface area (Å²) in [5.41, 5.74) is 11.4. The molecule has 4 atom stereocenters. The van der Waals surface area contributed by atoms with Crippen LogP contribution in [0.3, 0.4) is 0 Å². The molecule has 0 aliphatic heterocycles. The monoisotopic (exact) mass is 445 g/mol. The van der Waals surface area contributed by atoms with Crippen molar-refractivity contribution in [2.75, 3.05) is 13.1 Å². The molecule has 4 unspecified atom stereocenters. The molecule has 12 nitrogen and oxygen atoms in total. The molecule has 0 saturated heterocycles. The lowest BCUT2D eigenvalue weighted by Crippen LogP contribution is -2.54. The van der Waals surface area contributed by atoms with Crippen molar-refractivity contribution >= 4 is 29.7 Å². The first-order valence-electron chi connectivity index (χ1n) is 10.3. The van der Waals surface area contributed by atoms with Gasteiger partial charge in [0.15, 0.2) is 0 Å². The van der Waals surface area contributed by atoms with E-state index < -0.39 is 60.8 Å². The molecule has 0 aliphatic carbocycles. The van der Waals surface area contributed by atoms with Crippen LogP contribution in [0.15, 0.2) is 0 Å². The Balaban J connectivity index is 4.88. The van der Waals surface area contributed by atoms with Gasteiger partial charge in [-0.2, -0.15) is 0 Å². The van der Waals surface area contributed by atoms with Gasteiger partial charge in [-0.15, -0.1) is 0 Å². The molecule has 0 aromatic heterocycles. The van der Waals surface area contributed by atoms with Crippen LogP contribution in [0, 0.1) is 5.92 Å². The minimum atomic E-state index is -1.39. The Bertz CT molecular complexity index is 629. The van der Waals surface area contributed by atoms with Crippen molar-refractivity contribution in [3.05, 3.63) is 0 Å². The third-order valence-electron chi connectivity index (χ3n) is 4.84. The Morgan fingerprint density at radius 2 is 1.58 bits per heavy atom. The second kappa shape index (κ2) is 15.1. The second-order valence-electron chi connectivity index (χ2n) is 7.37. The summed E-state index contributed by atoms with van der Waals surface area (Å²) in [6, 6.07) is -3.11. The van der Waals surface area contributed by atoms with Crippen molar-refractivity contribution in [1.82, 2.24) is 16.0 Å². The van der Waals surface area contributed by atoms with Gasteiger partial charge in [0, 0.05) is 6.42 Å². The predicted molar refractivity (Wildman–Crippen MR) is 112 cm³/mol. The number of carboxylic acids is 2. The smallest absolute Gasteiger partial charge is 0.326 e. The van der Waals surface area contributed by atoms with Gasteiger partial charge in [-0.1, -0.05) is 20.3 Å². The zero-order chi connectivity index (χ0) is 24.0. The number of unbranched alkanes of at least 4 members (excludes halogenated alkanes) is 1. The molecule has 0 spiro atoms. The maximum Gasteiger partial charge on any atom is 0.326 e. The highest BCUT2D eigenvalue weighted by atomic mass is 16.4. The number of hydrogen-bond acceptors (Lipinski definition) is 7. The van der Waals surface area contributed by atoms with E-state index >= 15 is 0 Å². The minimum absolute atomic E-state index is 0.0858. The largest absolute Gasteiger partial charge is 0.481 e. The highest BCUT2D eigenvalue weighted by Gasteiger charge is 2.26. The number of carboxylic acid groups (broad SMARTS) is 2. The lowest BCUT2D eigenvalue weighted by atomic mass is 9.98. The van der Waals surface area contributed by atoms with Crippen LogP contribution >= 0.6 is 0 Å². The normalized spacial score (nSPS) is 14.6. The molecule has 0 aromatic carbocycles. The van der Waals surface area contributed by atoms with Gasteiger partial charge in [0.2, 0.25) is 17.7 Å². The fourth-order valence-electron chi connectivity index (χ4n) is 2.60. The van der Waals surface area contributed by atoms with Crippen LogP contribution in [0.1, 0.15) is 52.4 Å². The molecule has 31 heavy (non-hydrogen) atoms. The van der Waals surface area contributed by atoms with E-state index in [0.29, 0.717) is 32.2 Å². The number of nitrogens with two attached hydrogens (primary N) is 2. The standard InChI is InChI=1S/C19H35N5O7/c1-3-11(2)16(21)18(29)24-12(6-4-5-9-20)17(28)22-10-14(25)23-13(19(30)31)7-8-15(26)27/h11-13,16H,3-10,20-21H2,1-2H3,(H,22,28)(H,23,25)(H,24,29)(H,26,27)(H,30,31). The van der Waals surface area contributed by atoms with Gasteiger partial charge in [-0.25, -0.2) is 4.79 Å². The van der Waals surface area contributed by atoms with Gasteiger partial charge in [-0.05, 0) is 38.1 Å². The van der Waals surface area contributed by atoms with Crippen molar-refractivity contribution in [2.24, 2.45) is 17.4 Å². The van der Waals surface area contributed by atoms with Gasteiger partial charge in [0.25, 0.3) is 0 Å². The first-order valence-corrected chi connectivity index (χ1v) is 10.3. The van der Waals surface area contributed by atoms with Crippen molar-refractivity contribution in [3.63, 3.8) is 0 Å². The fourth-order valence-corrected chi connectivity index (χ4v) is 2.60. The number of nitrogens with one attached hydrogen (secondary N) is 3. The number of carbonyl (C=O) groups is 5. The van der Waals surface area contributed by atoms with E-state index in [1.165, 1.54) is 0 Å². The number of aliphatic carboxylic acids is 2. The van der Waals surface area contributed by atoms with E-state index in [9.17, 15) is 24.0 Å². The minimum Gasteiger partial charge on any atom is -0.481 e. The molecule has 0 aromatic rings. The molecule has 0 fully saturated rings. The van der Waals surface area contributed by atoms with Gasteiger partial charge in [0.05, 0.1) is 12.6 Å². The van der Waals surface area contributed by atoms with E-state index in [1.54, 1.807) is 0 Å². The Hall–Kier alpha value is -2.73. The average molecular weight is 446 g/mol. The van der Waals surface area contributed by atoms with Crippen molar-refractivity contribution < 1.29 is 34.2 Å². The molecule has 0 radical (unpaired) electrons. The van der Waals surface area contributed by atoms with Crippen LogP contribution in [0.5, 0.6) is 0 Å². The predicted octanol–water partition coefficient (Wildman–Crippen LogP) is -1.48. The number of carbonyl (C=O) groups excluding carboxylic acids is 3. The topological polar surface area (TPSA) is 214 Å². The van der Waals surface area contributed by atoms with Gasteiger partial charge >= 0.3 is 11.9 Å². The fraction of sp³-hybridized carbons (Fsp3) is 0.737. The summed E-state index contributed by atoms with van der Waals surface area (Å²) in [6.07, 6.45) is 1.45. The Labute approximate surface area is 181 Å². The molecular formula is C19H35N5O7. The molecule has 0 saturated carbocycles. The second-order valence-corrected chi connectivity index (χ2v) is 7.37. The Kier molecular flexibility index (Phi) is 13.8. The van der Waals surface area contributed by atoms with Crippen LogP contribution in [0.2, 0.25) is 0 Å². The quantitative estimate of drug-likeness (QED) is 0.138. The van der Waals surface area contributed by atoms with Gasteiger partial charge in [0.1, 0.15) is 12.1 Å². The highest BCUT2D eigenvalue weighted by molar-refractivity contribution is 5.92. The summed E-state index contributed by atoms with van der Waals surface area (Å²) in [5.74, 6) is -4.56. The highest BCUT2D eigenvalue weighted by Crippen LogP contribution is 2.07. The summed E-state index contributed by atoms with van der Waals surface area (Å²) in [4.78, 5) is 58.6. The van der Waals surface area contributed by atoms with Crippen LogP contribution < -0.4 is 27.4 Å². The van der Waals surface area contributed by atoms with E-state index in [-0.39, 0.29) is 12.3 Å². The lowest BCUT2D eigenvalue weighted by molar-refractivity contribution is -0.143. The molecule has 0 rings (SSSR count). The van der Waals surface area contributed by atoms with Crippen molar-refractivity contribution in [1.29, 1.82) is 0 Å². The third-order valence-corrected chi connectivity index (χ3v) is 4.84. The van der Waals surface area contributed by atoms with E-state index in [1.807, 2.05) is 13.8 Å². The van der Waals surface area contributed by atoms with Crippen LogP contribution in [0.25, 0.3) is 0 Å². The van der Waals surface area contributed by atoms with Crippen LogP contribution in [-0.2, 0) is 24.0 Å². The molecule has 0 heterocycles. The van der Waals surface area contributed by atoms with Crippen LogP contribution in [0.4, 0.5) is 0 Å². The summed E-state index contributed by atoms with van der Waals surface area (Å²) >= 11 is 0. The summed E-state index contributed by atoms with van der Waals surface area (Å²) in [5, 5.41) is 24.8. The molecule has 0 aliphatic rings. The summed E-state index contributed by atoms with van der Waals surface area (Å²) < 4.78 is 0. The van der Waals surface area contributed by atoms with Gasteiger partial charge in [-0.3, -0.25) is 19.2 Å². The lowest BCUT2D eigenvalue weighted by Gasteiger charge is -2.23. The Morgan fingerprint density at radius 1 is 0.935 bits per heavy atom. The molecule has 3 amide bonds. The molecular weight excluding hydrogens is 410 g/mol. The number of rotatable bonds is 16. The van der Waals surface area contributed by atoms with E-state index in [4.69, 9.17) is 21.7 Å². The van der Waals surface area contributed by atoms with E-state index in [2.05, 4.69) is 16.0 Å². The van der Waals surface area contributed by atoms with Crippen LogP contribution in [-0.4, -0.2) is 71.1 Å². The van der Waals surface area contributed by atoms with Crippen molar-refractivity contribution in [3.8, 4) is 0 Å². The zero-order valence-corrected chi connectivity index (χ0v) is 18.1. The summed E-state index contributed by atoms with van der Waals surface area (Å²) in [6.45, 7) is 3.60. The SMILES string of the molecule is CCC(C)C(N)C(=O)NC(CCCCN)C(=O)NCC(=O)NC(CCC(=O)O)C(=O)O. The summed E-state index contributed by atoms with van der Waals surface area (Å²) in [7, 11) is 0. The number of hydrogen-bond donors (Lipinski definition) is 7. The van der Waals surface area contributed by atoms with Gasteiger partial charge < -0.3 is 37.6 Å².